The van der Waals surface area contributed by atoms with Crippen LogP contribution in [0.15, 0.2) is 70.6 Å². The minimum Gasteiger partial charge on any atom is -0.497 e. The average molecular weight is 547 g/mol. The van der Waals surface area contributed by atoms with Gasteiger partial charge in [0, 0.05) is 11.1 Å². The van der Waals surface area contributed by atoms with Crippen molar-refractivity contribution < 1.29 is 28.5 Å². The molecule has 2 N–H and O–H groups in total. The molecule has 4 aromatic rings. The van der Waals surface area contributed by atoms with Gasteiger partial charge in [-0.05, 0) is 67.6 Å². The molecule has 0 fully saturated rings. The smallest absolute Gasteiger partial charge is 0.281 e. The number of amides is 1. The van der Waals surface area contributed by atoms with Crippen molar-refractivity contribution in [3.05, 3.63) is 82.1 Å². The monoisotopic (exact) mass is 546 g/mol. The van der Waals surface area contributed by atoms with E-state index >= 15 is 0 Å². The average Bonchev–Trinajstić information content (AvgIpc) is 3.35. The third-order valence-corrected chi connectivity index (χ3v) is 6.21. The van der Waals surface area contributed by atoms with Gasteiger partial charge in [-0.25, -0.2) is 10.1 Å². The Hall–Kier alpha value is -5.19. The maximum atomic E-state index is 13.7. The summed E-state index contributed by atoms with van der Waals surface area (Å²) < 4.78 is 27.9. The normalized spacial score (nSPS) is 11.1. The van der Waals surface area contributed by atoms with E-state index in [1.807, 2.05) is 12.1 Å². The summed E-state index contributed by atoms with van der Waals surface area (Å²) in [6, 6.07) is 17.3. The van der Waals surface area contributed by atoms with Crippen molar-refractivity contribution >= 4 is 11.6 Å². The van der Waals surface area contributed by atoms with E-state index in [1.54, 1.807) is 57.5 Å². The summed E-state index contributed by atoms with van der Waals surface area (Å²) in [7, 11) is 7.55. The number of hydrogen-bond acceptors (Lipinski definition) is 8. The van der Waals surface area contributed by atoms with Gasteiger partial charge in [-0.2, -0.15) is 5.10 Å². The predicted molar refractivity (Wildman–Crippen MR) is 151 cm³/mol. The largest absolute Gasteiger partial charge is 0.497 e. The molecule has 0 aliphatic rings. The van der Waals surface area contributed by atoms with E-state index in [0.717, 1.165) is 5.56 Å². The first-order chi connectivity index (χ1) is 19.3. The van der Waals surface area contributed by atoms with Gasteiger partial charge < -0.3 is 23.7 Å². The third kappa shape index (κ3) is 5.48. The van der Waals surface area contributed by atoms with Crippen LogP contribution >= 0.6 is 0 Å². The molecule has 1 heterocycles. The third-order valence-electron chi connectivity index (χ3n) is 6.21. The van der Waals surface area contributed by atoms with E-state index in [2.05, 4.69) is 15.6 Å². The number of hydrazone groups is 1. The molecule has 0 bridgehead atoms. The van der Waals surface area contributed by atoms with Crippen LogP contribution < -0.4 is 34.7 Å². The van der Waals surface area contributed by atoms with Crippen LogP contribution in [0.3, 0.4) is 0 Å². The molecule has 0 saturated carbocycles. The molecule has 4 rings (SSSR count). The van der Waals surface area contributed by atoms with Gasteiger partial charge in [-0.3, -0.25) is 14.7 Å². The molecule has 0 unspecified atom stereocenters. The van der Waals surface area contributed by atoms with Crippen molar-refractivity contribution in [3.8, 4) is 45.7 Å². The molecular weight excluding hydrogens is 516 g/mol. The Morgan fingerprint density at radius 3 is 1.85 bits per heavy atom. The fourth-order valence-electron chi connectivity index (χ4n) is 4.12. The van der Waals surface area contributed by atoms with Crippen LogP contribution in [0, 0.1) is 0 Å². The first-order valence-electron chi connectivity index (χ1n) is 12.1. The molecule has 0 spiro atoms. The van der Waals surface area contributed by atoms with Gasteiger partial charge in [-0.15, -0.1) is 0 Å². The number of methoxy groups -OCH3 is 5. The Kier molecular flexibility index (Phi) is 8.43. The van der Waals surface area contributed by atoms with Gasteiger partial charge in [0.1, 0.15) is 11.5 Å². The van der Waals surface area contributed by atoms with Crippen molar-refractivity contribution in [1.29, 1.82) is 0 Å². The Morgan fingerprint density at radius 1 is 0.800 bits per heavy atom. The van der Waals surface area contributed by atoms with Crippen LogP contribution in [0.25, 0.3) is 16.9 Å². The highest BCUT2D eigenvalue weighted by Gasteiger charge is 2.21. The fourth-order valence-corrected chi connectivity index (χ4v) is 4.12. The topological polar surface area (TPSA) is 125 Å². The highest BCUT2D eigenvalue weighted by atomic mass is 16.5. The Labute approximate surface area is 230 Å². The van der Waals surface area contributed by atoms with Crippen molar-refractivity contribution in [2.45, 2.75) is 6.92 Å². The summed E-state index contributed by atoms with van der Waals surface area (Å²) in [4.78, 5) is 26.7. The first kappa shape index (κ1) is 27.8. The highest BCUT2D eigenvalue weighted by Crippen LogP contribution is 2.38. The molecule has 11 nitrogen and oxygen atoms in total. The quantitative estimate of drug-likeness (QED) is 0.227. The fraction of sp³-hybridized carbons (Fsp3) is 0.207. The zero-order chi connectivity index (χ0) is 28.8. The molecule has 0 aliphatic carbocycles. The number of hydrogen-bond donors (Lipinski definition) is 2. The van der Waals surface area contributed by atoms with Gasteiger partial charge in [0.25, 0.3) is 11.5 Å². The van der Waals surface area contributed by atoms with Gasteiger partial charge in [0.2, 0.25) is 5.75 Å². The van der Waals surface area contributed by atoms with Gasteiger partial charge in [-0.1, -0.05) is 0 Å². The number of carbonyl (C=O) groups is 1. The number of aromatic amines is 1. The summed E-state index contributed by atoms with van der Waals surface area (Å²) in [6.07, 6.45) is 0. The molecule has 0 saturated heterocycles. The zero-order valence-corrected chi connectivity index (χ0v) is 23.0. The summed E-state index contributed by atoms with van der Waals surface area (Å²) in [5.74, 6) is 1.80. The molecule has 0 radical (unpaired) electrons. The van der Waals surface area contributed by atoms with Crippen LogP contribution in [0.4, 0.5) is 0 Å². The minimum absolute atomic E-state index is 0.228. The standard InChI is InChI=1S/C29H30N4O7/c1-17(30-31-28(34)19-15-23(38-4)27(40-6)24(16-19)39-5)25-26(18-7-11-21(36-2)12-8-18)32-33(29(25)35)20-9-13-22(37-3)14-10-20/h7-16,32H,1-6H3,(H,31,34). The number of ether oxygens (including phenoxy) is 5. The summed E-state index contributed by atoms with van der Waals surface area (Å²) in [5, 5.41) is 7.45. The molecule has 40 heavy (non-hydrogen) atoms. The Balaban J connectivity index is 1.75. The summed E-state index contributed by atoms with van der Waals surface area (Å²) >= 11 is 0. The number of aromatic nitrogens is 2. The van der Waals surface area contributed by atoms with E-state index in [0.29, 0.717) is 45.8 Å². The summed E-state index contributed by atoms with van der Waals surface area (Å²) in [6.45, 7) is 1.64. The number of rotatable bonds is 10. The maximum Gasteiger partial charge on any atom is 0.281 e. The molecule has 0 aliphatic heterocycles. The lowest BCUT2D eigenvalue weighted by atomic mass is 10.1. The highest BCUT2D eigenvalue weighted by molar-refractivity contribution is 6.05. The maximum absolute atomic E-state index is 13.7. The molecule has 208 valence electrons. The van der Waals surface area contributed by atoms with Crippen molar-refractivity contribution in [1.82, 2.24) is 15.2 Å². The lowest BCUT2D eigenvalue weighted by Gasteiger charge is -2.13. The van der Waals surface area contributed by atoms with Crippen LogP contribution in [-0.4, -0.2) is 56.9 Å². The van der Waals surface area contributed by atoms with E-state index < -0.39 is 5.91 Å². The SMILES string of the molecule is COc1ccc(-c2[nH]n(-c3ccc(OC)cc3)c(=O)c2C(C)=NNC(=O)c2cc(OC)c(OC)c(OC)c2)cc1. The number of nitrogens with one attached hydrogen (secondary N) is 2. The molecule has 1 amide bonds. The van der Waals surface area contributed by atoms with Crippen LogP contribution in [0.5, 0.6) is 28.7 Å². The van der Waals surface area contributed by atoms with Crippen molar-refractivity contribution in [3.63, 3.8) is 0 Å². The number of H-pyrrole nitrogens is 1. The van der Waals surface area contributed by atoms with Gasteiger partial charge >= 0.3 is 0 Å². The Morgan fingerprint density at radius 2 is 1.35 bits per heavy atom. The zero-order valence-electron chi connectivity index (χ0n) is 23.0. The molecule has 11 heteroatoms. The van der Waals surface area contributed by atoms with Crippen LogP contribution in [-0.2, 0) is 0 Å². The van der Waals surface area contributed by atoms with Gasteiger partial charge in [0.15, 0.2) is 11.5 Å². The Bertz CT molecular complexity index is 1560. The van der Waals surface area contributed by atoms with Crippen molar-refractivity contribution in [2.24, 2.45) is 5.10 Å². The van der Waals surface area contributed by atoms with E-state index in [-0.39, 0.29) is 16.7 Å². The molecule has 3 aromatic carbocycles. The van der Waals surface area contributed by atoms with Crippen LogP contribution in [0.1, 0.15) is 22.8 Å². The minimum atomic E-state index is -0.532. The second kappa shape index (κ2) is 12.1. The van der Waals surface area contributed by atoms with Gasteiger partial charge in [0.05, 0.1) is 58.2 Å². The second-order valence-corrected chi connectivity index (χ2v) is 8.48. The molecule has 1 aromatic heterocycles. The van der Waals surface area contributed by atoms with Crippen LogP contribution in [0.2, 0.25) is 0 Å². The van der Waals surface area contributed by atoms with E-state index in [4.69, 9.17) is 23.7 Å². The number of benzene rings is 3. The number of carbonyl (C=O) groups excluding carboxylic acids is 1. The second-order valence-electron chi connectivity index (χ2n) is 8.48. The predicted octanol–water partition coefficient (Wildman–Crippen LogP) is 4.03. The first-order valence-corrected chi connectivity index (χ1v) is 12.1. The molecule has 0 atom stereocenters. The number of nitrogens with zero attached hydrogens (tertiary/aromatic N) is 2. The lowest BCUT2D eigenvalue weighted by Crippen LogP contribution is -2.23. The van der Waals surface area contributed by atoms with E-state index in [9.17, 15) is 9.59 Å². The van der Waals surface area contributed by atoms with E-state index in [1.165, 1.54) is 38.1 Å². The summed E-state index contributed by atoms with van der Waals surface area (Å²) in [5.41, 5.74) is 4.83. The van der Waals surface area contributed by atoms with Crippen molar-refractivity contribution in [2.75, 3.05) is 35.5 Å². The lowest BCUT2D eigenvalue weighted by molar-refractivity contribution is 0.0954. The molecular formula is C29H30N4O7.